The highest BCUT2D eigenvalue weighted by Gasteiger charge is 2.66. The molecule has 0 unspecified atom stereocenters. The molecule has 0 aliphatic heterocycles. The van der Waals surface area contributed by atoms with Crippen molar-refractivity contribution in [2.75, 3.05) is 7.05 Å². The Morgan fingerprint density at radius 3 is 2.31 bits per heavy atom. The van der Waals surface area contributed by atoms with Crippen molar-refractivity contribution in [3.05, 3.63) is 0 Å². The smallest absolute Gasteiger partial charge is 0.0237 e. The van der Waals surface area contributed by atoms with Gasteiger partial charge in [0.15, 0.2) is 0 Å². The Morgan fingerprint density at radius 2 is 1.85 bits per heavy atom. The Hall–Kier alpha value is -0.0400. The maximum Gasteiger partial charge on any atom is 0.0237 e. The fourth-order valence-corrected chi connectivity index (χ4v) is 4.78. The molecule has 3 saturated carbocycles. The molecule has 13 heavy (non-hydrogen) atoms. The highest BCUT2D eigenvalue weighted by Crippen LogP contribution is 2.69. The van der Waals surface area contributed by atoms with Crippen LogP contribution in [-0.4, -0.2) is 12.6 Å². The highest BCUT2D eigenvalue weighted by atomic mass is 15.0. The molecule has 3 aliphatic rings. The Labute approximate surface area is 81.3 Å². The molecular weight excluding hydrogens is 158 g/mol. The summed E-state index contributed by atoms with van der Waals surface area (Å²) in [6, 6.07) is 0. The molecule has 1 heteroatoms. The van der Waals surface area contributed by atoms with E-state index in [1.54, 1.807) is 0 Å². The molecule has 0 aromatic carbocycles. The fourth-order valence-electron chi connectivity index (χ4n) is 4.78. The Bertz CT molecular complexity index is 216. The number of rotatable bonds is 1. The minimum atomic E-state index is 0.494. The summed E-state index contributed by atoms with van der Waals surface area (Å²) in [4.78, 5) is 0. The van der Waals surface area contributed by atoms with Crippen LogP contribution in [0.3, 0.4) is 0 Å². The molecule has 3 aliphatic carbocycles. The van der Waals surface area contributed by atoms with E-state index in [1.165, 1.54) is 38.5 Å². The first kappa shape index (κ1) is 8.28. The lowest BCUT2D eigenvalue weighted by Gasteiger charge is -2.57. The molecule has 2 bridgehead atoms. The van der Waals surface area contributed by atoms with E-state index < -0.39 is 0 Å². The maximum absolute atomic E-state index is 3.66. The van der Waals surface area contributed by atoms with Gasteiger partial charge in [0, 0.05) is 5.54 Å². The van der Waals surface area contributed by atoms with Gasteiger partial charge >= 0.3 is 0 Å². The third kappa shape index (κ3) is 0.707. The molecule has 0 radical (unpaired) electrons. The van der Waals surface area contributed by atoms with Gasteiger partial charge < -0.3 is 5.32 Å². The number of hydrogen-bond donors (Lipinski definition) is 1. The van der Waals surface area contributed by atoms with Gasteiger partial charge in [-0.2, -0.15) is 0 Å². The van der Waals surface area contributed by atoms with Crippen molar-refractivity contribution >= 4 is 0 Å². The fraction of sp³-hybridized carbons (Fsp3) is 1.00. The topological polar surface area (TPSA) is 12.0 Å². The molecule has 1 spiro atoms. The number of hydrogen-bond acceptors (Lipinski definition) is 1. The van der Waals surface area contributed by atoms with Crippen LogP contribution in [0.4, 0.5) is 0 Å². The predicted octanol–water partition coefficient (Wildman–Crippen LogP) is 2.56. The Kier molecular flexibility index (Phi) is 1.47. The normalized spacial score (nSPS) is 51.2. The van der Waals surface area contributed by atoms with Crippen LogP contribution in [0.2, 0.25) is 0 Å². The zero-order valence-corrected chi connectivity index (χ0v) is 8.90. The summed E-state index contributed by atoms with van der Waals surface area (Å²) in [6.07, 6.45) is 9.04. The van der Waals surface area contributed by atoms with Gasteiger partial charge in [-0.15, -0.1) is 0 Å². The van der Waals surface area contributed by atoms with Crippen LogP contribution >= 0.6 is 0 Å². The lowest BCUT2D eigenvalue weighted by molar-refractivity contribution is -0.0363. The van der Waals surface area contributed by atoms with Gasteiger partial charge in [0.1, 0.15) is 0 Å². The van der Waals surface area contributed by atoms with Crippen molar-refractivity contribution in [2.45, 2.75) is 51.0 Å². The van der Waals surface area contributed by atoms with Crippen molar-refractivity contribution in [3.63, 3.8) is 0 Å². The van der Waals surface area contributed by atoms with Gasteiger partial charge in [0.05, 0.1) is 0 Å². The van der Waals surface area contributed by atoms with E-state index in [4.69, 9.17) is 0 Å². The van der Waals surface area contributed by atoms with Crippen molar-refractivity contribution in [3.8, 4) is 0 Å². The van der Waals surface area contributed by atoms with Crippen LogP contribution in [0.25, 0.3) is 0 Å². The first-order valence-electron chi connectivity index (χ1n) is 5.92. The zero-order chi connectivity index (χ0) is 9.10. The van der Waals surface area contributed by atoms with E-state index in [2.05, 4.69) is 19.3 Å². The summed E-state index contributed by atoms with van der Waals surface area (Å²) in [5.74, 6) is 2.06. The van der Waals surface area contributed by atoms with Crippen LogP contribution in [-0.2, 0) is 0 Å². The standard InChI is InChI=1S/C12H21N/c1-11(13-2)9-4-5-10(8-9)12(11)6-3-7-12/h9-10,13H,3-8H2,1-2H3/t9-,10-,11-/m0/s1. The van der Waals surface area contributed by atoms with E-state index in [9.17, 15) is 0 Å². The van der Waals surface area contributed by atoms with Crippen molar-refractivity contribution in [1.82, 2.24) is 5.32 Å². The summed E-state index contributed by atoms with van der Waals surface area (Å²) in [5, 5.41) is 3.66. The van der Waals surface area contributed by atoms with Crippen molar-refractivity contribution in [1.29, 1.82) is 0 Å². The monoisotopic (exact) mass is 179 g/mol. The quantitative estimate of drug-likeness (QED) is 0.652. The van der Waals surface area contributed by atoms with Crippen LogP contribution < -0.4 is 5.32 Å². The summed E-state index contributed by atoms with van der Waals surface area (Å²) in [5.41, 5.74) is 1.22. The zero-order valence-electron chi connectivity index (χ0n) is 8.90. The second kappa shape index (κ2) is 2.31. The molecule has 0 aromatic heterocycles. The van der Waals surface area contributed by atoms with E-state index in [0.717, 1.165) is 17.3 Å². The molecule has 0 amide bonds. The highest BCUT2D eigenvalue weighted by molar-refractivity contribution is 5.19. The molecule has 1 nitrogen and oxygen atoms in total. The SMILES string of the molecule is CN[C@@]1(C)[C@H]2CC[C@@H](C2)C12CCC2. The van der Waals surface area contributed by atoms with Crippen LogP contribution in [0.15, 0.2) is 0 Å². The predicted molar refractivity (Wildman–Crippen MR) is 54.6 cm³/mol. The third-order valence-corrected chi connectivity index (χ3v) is 5.83. The Balaban J connectivity index is 2.00. The number of nitrogens with one attached hydrogen (secondary N) is 1. The summed E-state index contributed by atoms with van der Waals surface area (Å²) >= 11 is 0. The van der Waals surface area contributed by atoms with Crippen molar-refractivity contribution < 1.29 is 0 Å². The Morgan fingerprint density at radius 1 is 1.15 bits per heavy atom. The molecule has 3 atom stereocenters. The molecule has 0 aromatic rings. The lowest BCUT2D eigenvalue weighted by Crippen LogP contribution is -2.61. The summed E-state index contributed by atoms with van der Waals surface area (Å²) < 4.78 is 0. The van der Waals surface area contributed by atoms with E-state index in [0.29, 0.717) is 5.54 Å². The van der Waals surface area contributed by atoms with Gasteiger partial charge in [-0.3, -0.25) is 0 Å². The average molecular weight is 179 g/mol. The first-order chi connectivity index (χ1) is 6.23. The third-order valence-electron chi connectivity index (χ3n) is 5.83. The minimum absolute atomic E-state index is 0.494. The van der Waals surface area contributed by atoms with E-state index >= 15 is 0 Å². The van der Waals surface area contributed by atoms with Gasteiger partial charge in [0.25, 0.3) is 0 Å². The van der Waals surface area contributed by atoms with E-state index in [-0.39, 0.29) is 0 Å². The average Bonchev–Trinajstić information content (AvgIpc) is 2.59. The van der Waals surface area contributed by atoms with Crippen molar-refractivity contribution in [2.24, 2.45) is 17.3 Å². The lowest BCUT2D eigenvalue weighted by atomic mass is 9.52. The summed E-state index contributed by atoms with van der Waals surface area (Å²) in [6.45, 7) is 2.50. The second-order valence-corrected chi connectivity index (χ2v) is 5.67. The second-order valence-electron chi connectivity index (χ2n) is 5.67. The molecule has 0 heterocycles. The van der Waals surface area contributed by atoms with E-state index in [1.807, 2.05) is 0 Å². The van der Waals surface area contributed by atoms with Gasteiger partial charge in [-0.1, -0.05) is 6.42 Å². The molecule has 0 saturated heterocycles. The number of fused-ring (bicyclic) bond motifs is 3. The van der Waals surface area contributed by atoms with Gasteiger partial charge in [0.2, 0.25) is 0 Å². The molecule has 1 N–H and O–H groups in total. The van der Waals surface area contributed by atoms with Crippen LogP contribution in [0, 0.1) is 17.3 Å². The van der Waals surface area contributed by atoms with Crippen LogP contribution in [0.1, 0.15) is 45.4 Å². The van der Waals surface area contributed by atoms with Crippen LogP contribution in [0.5, 0.6) is 0 Å². The van der Waals surface area contributed by atoms with Gasteiger partial charge in [-0.05, 0) is 63.3 Å². The van der Waals surface area contributed by atoms with Gasteiger partial charge in [-0.25, -0.2) is 0 Å². The molecule has 74 valence electrons. The molecule has 3 rings (SSSR count). The molecular formula is C12H21N. The largest absolute Gasteiger partial charge is 0.314 e. The maximum atomic E-state index is 3.66. The minimum Gasteiger partial charge on any atom is -0.314 e. The molecule has 3 fully saturated rings. The first-order valence-corrected chi connectivity index (χ1v) is 5.92. The summed E-state index contributed by atoms with van der Waals surface area (Å²) in [7, 11) is 2.18.